The summed E-state index contributed by atoms with van der Waals surface area (Å²) in [6, 6.07) is 1.98. The van der Waals surface area contributed by atoms with Crippen LogP contribution in [0.1, 0.15) is 40.1 Å². The number of Topliss-reactive ketones (excluding diaryl/α,β-unsaturated/α-hetero) is 3. The number of nitrogens with two attached hydrogens (primary N) is 1. The van der Waals surface area contributed by atoms with Gasteiger partial charge in [0.1, 0.15) is 22.8 Å². The highest BCUT2D eigenvalue weighted by Crippen LogP contribution is 2.54. The first-order valence-electron chi connectivity index (χ1n) is 13.3. The van der Waals surface area contributed by atoms with Crippen LogP contribution in [0.4, 0.5) is 5.69 Å². The smallest absolute Gasteiger partial charge is 0.255 e. The van der Waals surface area contributed by atoms with Gasteiger partial charge in [-0.1, -0.05) is 5.16 Å². The van der Waals surface area contributed by atoms with Crippen molar-refractivity contribution in [2.45, 2.75) is 37.3 Å². The topological polar surface area (TPSA) is 208 Å². The number of nitrogens with zero attached hydrogens (tertiary/aromatic N) is 3. The Hall–Kier alpha value is -4.49. The van der Waals surface area contributed by atoms with Gasteiger partial charge in [0.25, 0.3) is 5.91 Å². The second-order valence-electron chi connectivity index (χ2n) is 11.4. The van der Waals surface area contributed by atoms with Gasteiger partial charge in [0.05, 0.1) is 17.8 Å². The number of phenolic OH excluding ortho intramolecular Hbond substituents is 1. The quantitative estimate of drug-likeness (QED) is 0.228. The van der Waals surface area contributed by atoms with Gasteiger partial charge in [-0.15, -0.1) is 0 Å². The summed E-state index contributed by atoms with van der Waals surface area (Å²) in [7, 11) is 6.63. The van der Waals surface area contributed by atoms with Gasteiger partial charge in [-0.2, -0.15) is 0 Å². The molecule has 0 radical (unpaired) electrons. The van der Waals surface area contributed by atoms with Gasteiger partial charge in [0.2, 0.25) is 17.3 Å². The van der Waals surface area contributed by atoms with Crippen molar-refractivity contribution in [2.75, 3.05) is 33.1 Å². The number of aromatic nitrogens is 1. The highest BCUT2D eigenvalue weighted by molar-refractivity contribution is 6.24. The van der Waals surface area contributed by atoms with E-state index in [-0.39, 0.29) is 54.1 Å². The van der Waals surface area contributed by atoms with Gasteiger partial charge in [-0.25, -0.2) is 0 Å². The Kier molecular flexibility index (Phi) is 6.98. The first-order chi connectivity index (χ1) is 19.7. The third kappa shape index (κ3) is 4.10. The Morgan fingerprint density at radius 2 is 1.86 bits per heavy atom. The van der Waals surface area contributed by atoms with E-state index in [2.05, 4.69) is 5.16 Å². The molecule has 2 aromatic rings. The highest BCUT2D eigenvalue weighted by Gasteiger charge is 2.64. The molecule has 3 aliphatic carbocycles. The number of anilines is 1. The summed E-state index contributed by atoms with van der Waals surface area (Å²) >= 11 is 0. The third-order valence-corrected chi connectivity index (χ3v) is 8.59. The lowest BCUT2D eigenvalue weighted by Gasteiger charge is -2.50. The molecule has 0 spiro atoms. The maximum atomic E-state index is 14.1. The van der Waals surface area contributed by atoms with E-state index in [1.165, 1.54) is 17.2 Å². The number of ketones is 3. The average molecular weight is 581 g/mol. The Morgan fingerprint density at radius 3 is 2.43 bits per heavy atom. The second kappa shape index (κ2) is 10.1. The molecule has 222 valence electrons. The summed E-state index contributed by atoms with van der Waals surface area (Å²) in [5.41, 5.74) is 3.01. The van der Waals surface area contributed by atoms with Crippen molar-refractivity contribution in [1.29, 1.82) is 0 Å². The summed E-state index contributed by atoms with van der Waals surface area (Å²) in [5, 5.41) is 49.2. The molecule has 13 nitrogen and oxygen atoms in total. The molecular formula is C29H32N4O9. The van der Waals surface area contributed by atoms with Crippen LogP contribution in [-0.2, 0) is 27.2 Å². The van der Waals surface area contributed by atoms with E-state index < -0.39 is 58.0 Å². The minimum absolute atomic E-state index is 0.00711. The van der Waals surface area contributed by atoms with E-state index in [9.17, 15) is 39.6 Å². The van der Waals surface area contributed by atoms with Crippen LogP contribution in [0.2, 0.25) is 0 Å². The van der Waals surface area contributed by atoms with Crippen LogP contribution in [0.25, 0.3) is 5.76 Å². The van der Waals surface area contributed by atoms with Crippen LogP contribution in [0.3, 0.4) is 0 Å². The molecule has 42 heavy (non-hydrogen) atoms. The lowest BCUT2D eigenvalue weighted by molar-refractivity contribution is -0.153. The predicted molar refractivity (Wildman–Crippen MR) is 148 cm³/mol. The van der Waals surface area contributed by atoms with E-state index in [1.54, 1.807) is 39.2 Å². The first-order valence-corrected chi connectivity index (χ1v) is 13.3. The van der Waals surface area contributed by atoms with Crippen molar-refractivity contribution < 1.29 is 44.1 Å². The standard InChI is InChI=1S/C29H32N4O9/c1-32(2)16-11-12(5-6-17(34)18-7-8-31-42-18)23(35)20-14(16)9-13-10-15-22(33(3)4)25(37)21(28(30)40)27(39)29(15,41)26(38)19(13)24(20)36/h7-8,11,13,15,22,35-36,39,41H,5-6,9-10H2,1-4H3,(H2,30,40)/t13-,15-,22+,29-/m0/s1. The molecule has 0 unspecified atom stereocenters. The molecule has 1 aromatic heterocycles. The molecule has 1 fully saturated rings. The zero-order valence-electron chi connectivity index (χ0n) is 23.5. The number of carbonyl (C=O) groups is 4. The lowest BCUT2D eigenvalue weighted by Crippen LogP contribution is -2.65. The van der Waals surface area contributed by atoms with Crippen LogP contribution >= 0.6 is 0 Å². The second-order valence-corrected chi connectivity index (χ2v) is 11.4. The van der Waals surface area contributed by atoms with Gasteiger partial charge in [0, 0.05) is 43.8 Å². The van der Waals surface area contributed by atoms with Crippen molar-refractivity contribution in [3.8, 4) is 5.75 Å². The number of hydrogen-bond acceptors (Lipinski definition) is 12. The molecule has 13 heteroatoms. The van der Waals surface area contributed by atoms with Crippen LogP contribution in [-0.4, -0.2) is 93.6 Å². The number of fused-ring (bicyclic) bond motifs is 3. The molecule has 5 rings (SSSR count). The van der Waals surface area contributed by atoms with E-state index in [0.29, 0.717) is 16.8 Å². The van der Waals surface area contributed by atoms with Gasteiger partial charge in [0.15, 0.2) is 11.4 Å². The predicted octanol–water partition coefficient (Wildman–Crippen LogP) is 0.834. The fourth-order valence-electron chi connectivity index (χ4n) is 6.67. The van der Waals surface area contributed by atoms with Crippen molar-refractivity contribution >= 4 is 34.7 Å². The maximum absolute atomic E-state index is 14.1. The van der Waals surface area contributed by atoms with Gasteiger partial charge in [-0.05, 0) is 56.5 Å². The van der Waals surface area contributed by atoms with Crippen LogP contribution in [0.15, 0.2) is 39.8 Å². The molecule has 0 aliphatic heterocycles. The molecular weight excluding hydrogens is 548 g/mol. The van der Waals surface area contributed by atoms with Gasteiger partial charge in [-0.3, -0.25) is 24.1 Å². The number of primary amides is 1. The highest BCUT2D eigenvalue weighted by atomic mass is 16.5. The number of aromatic hydroxyl groups is 1. The molecule has 0 saturated heterocycles. The minimum Gasteiger partial charge on any atom is -0.508 e. The molecule has 0 bridgehead atoms. The number of phenols is 1. The maximum Gasteiger partial charge on any atom is 0.255 e. The van der Waals surface area contributed by atoms with Crippen molar-refractivity contribution in [1.82, 2.24) is 10.1 Å². The summed E-state index contributed by atoms with van der Waals surface area (Å²) in [5.74, 6) is -7.38. The first kappa shape index (κ1) is 29.0. The number of carbonyl (C=O) groups excluding carboxylic acids is 4. The summed E-state index contributed by atoms with van der Waals surface area (Å²) < 4.78 is 4.91. The number of rotatable bonds is 7. The van der Waals surface area contributed by atoms with Crippen LogP contribution < -0.4 is 10.6 Å². The number of aryl methyl sites for hydroxylation is 1. The minimum atomic E-state index is -2.72. The Morgan fingerprint density at radius 1 is 1.17 bits per heavy atom. The molecule has 1 saturated carbocycles. The van der Waals surface area contributed by atoms with Crippen molar-refractivity contribution in [3.05, 3.63) is 57.7 Å². The SMILES string of the molecule is CN(C)c1cc(CCC(=O)c2ccno2)c(O)c2c1C[C@H]1C[C@H]3[C@@H](N(C)C)C(=O)C(C(N)=O)=C(O)[C@@]3(O)C(=O)C1=C2O. The number of aliphatic hydroxyl groups is 3. The normalized spacial score (nSPS) is 25.3. The Balaban J connectivity index is 1.65. The molecule has 1 heterocycles. The lowest BCUT2D eigenvalue weighted by atomic mass is 9.57. The van der Waals surface area contributed by atoms with Crippen LogP contribution in [0, 0.1) is 11.8 Å². The largest absolute Gasteiger partial charge is 0.508 e. The molecule has 1 aromatic carbocycles. The van der Waals surface area contributed by atoms with Gasteiger partial charge >= 0.3 is 0 Å². The summed E-state index contributed by atoms with van der Waals surface area (Å²) in [4.78, 5) is 55.2. The zero-order chi connectivity index (χ0) is 30.8. The van der Waals surface area contributed by atoms with Crippen molar-refractivity contribution in [3.63, 3.8) is 0 Å². The molecule has 4 atom stereocenters. The van der Waals surface area contributed by atoms with Gasteiger partial charge < -0.3 is 35.6 Å². The third-order valence-electron chi connectivity index (χ3n) is 8.59. The Labute approximate surface area is 240 Å². The molecule has 6 N–H and O–H groups in total. The Bertz CT molecular complexity index is 1590. The van der Waals surface area contributed by atoms with E-state index in [4.69, 9.17) is 10.3 Å². The monoisotopic (exact) mass is 580 g/mol. The number of likely N-dealkylation sites (N-methyl/N-ethyl adjacent to an activating group) is 1. The van der Waals surface area contributed by atoms with E-state index in [1.807, 2.05) is 0 Å². The van der Waals surface area contributed by atoms with Crippen molar-refractivity contribution in [2.24, 2.45) is 17.6 Å². The zero-order valence-corrected chi connectivity index (χ0v) is 23.5. The fraction of sp³-hybridized carbons (Fsp3) is 0.414. The number of benzene rings is 1. The number of amides is 1. The summed E-state index contributed by atoms with van der Waals surface area (Å²) in [6.45, 7) is 0. The molecule has 3 aliphatic rings. The summed E-state index contributed by atoms with van der Waals surface area (Å²) in [6.07, 6.45) is 1.53. The fourth-order valence-corrected chi connectivity index (χ4v) is 6.67. The van der Waals surface area contributed by atoms with E-state index in [0.717, 1.165) is 0 Å². The van der Waals surface area contributed by atoms with Crippen LogP contribution in [0.5, 0.6) is 5.75 Å². The number of aliphatic hydroxyl groups excluding tert-OH is 2. The van der Waals surface area contributed by atoms with E-state index >= 15 is 0 Å². The molecule has 1 amide bonds. The number of hydrogen-bond donors (Lipinski definition) is 5. The average Bonchev–Trinajstić information content (AvgIpc) is 3.45.